The summed E-state index contributed by atoms with van der Waals surface area (Å²) in [6.07, 6.45) is 0. The van der Waals surface area contributed by atoms with E-state index in [4.69, 9.17) is 11.6 Å². The second-order valence-electron chi connectivity index (χ2n) is 5.14. The zero-order valence-electron chi connectivity index (χ0n) is 12.9. The molecule has 25 heavy (non-hydrogen) atoms. The van der Waals surface area contributed by atoms with Crippen molar-refractivity contribution in [3.8, 4) is 22.8 Å². The quantitative estimate of drug-likeness (QED) is 0.514. The SMILES string of the molecule is O=C(NCc1nc(-c2ccc(O)c(O)c2)cs1)Nc1ccc(Cl)cc1. The van der Waals surface area contributed by atoms with Crippen molar-refractivity contribution in [3.63, 3.8) is 0 Å². The highest BCUT2D eigenvalue weighted by Crippen LogP contribution is 2.31. The molecule has 0 aliphatic rings. The molecule has 0 unspecified atom stereocenters. The molecule has 0 radical (unpaired) electrons. The molecule has 3 rings (SSSR count). The number of hydrogen-bond donors (Lipinski definition) is 4. The van der Waals surface area contributed by atoms with E-state index in [1.54, 1.807) is 30.3 Å². The maximum absolute atomic E-state index is 11.9. The van der Waals surface area contributed by atoms with Gasteiger partial charge in [-0.3, -0.25) is 0 Å². The number of urea groups is 1. The van der Waals surface area contributed by atoms with E-state index in [9.17, 15) is 15.0 Å². The van der Waals surface area contributed by atoms with E-state index in [0.717, 1.165) is 0 Å². The fourth-order valence-electron chi connectivity index (χ4n) is 2.07. The highest BCUT2D eigenvalue weighted by molar-refractivity contribution is 7.09. The molecule has 3 aromatic rings. The summed E-state index contributed by atoms with van der Waals surface area (Å²) in [5.74, 6) is -0.382. The Balaban J connectivity index is 1.58. The summed E-state index contributed by atoms with van der Waals surface area (Å²) in [4.78, 5) is 16.3. The number of phenols is 2. The topological polar surface area (TPSA) is 94.5 Å². The number of halogens is 1. The molecule has 4 N–H and O–H groups in total. The molecule has 0 bridgehead atoms. The Hall–Kier alpha value is -2.77. The van der Waals surface area contributed by atoms with E-state index in [0.29, 0.717) is 27.0 Å². The van der Waals surface area contributed by atoms with Crippen molar-refractivity contribution in [1.29, 1.82) is 0 Å². The molecule has 8 heteroatoms. The second kappa shape index (κ2) is 7.42. The summed E-state index contributed by atoms with van der Waals surface area (Å²) in [6, 6.07) is 11.0. The van der Waals surface area contributed by atoms with Gasteiger partial charge in [-0.25, -0.2) is 9.78 Å². The second-order valence-corrected chi connectivity index (χ2v) is 6.52. The molecule has 0 fully saturated rings. The summed E-state index contributed by atoms with van der Waals surface area (Å²) >= 11 is 7.19. The number of aromatic hydroxyl groups is 2. The molecule has 1 aromatic heterocycles. The third kappa shape index (κ3) is 4.40. The molecule has 0 atom stereocenters. The highest BCUT2D eigenvalue weighted by atomic mass is 35.5. The highest BCUT2D eigenvalue weighted by Gasteiger charge is 2.09. The van der Waals surface area contributed by atoms with Crippen LogP contribution in [0.5, 0.6) is 11.5 Å². The molecule has 128 valence electrons. The molecule has 0 saturated carbocycles. The monoisotopic (exact) mass is 375 g/mol. The predicted molar refractivity (Wildman–Crippen MR) is 98.2 cm³/mol. The molecule has 0 spiro atoms. The number of nitrogens with zero attached hydrogens (tertiary/aromatic N) is 1. The van der Waals surface area contributed by atoms with Crippen LogP contribution in [-0.2, 0) is 6.54 Å². The van der Waals surface area contributed by atoms with E-state index in [1.807, 2.05) is 5.38 Å². The number of benzene rings is 2. The predicted octanol–water partition coefficient (Wildman–Crippen LogP) is 4.20. The number of aromatic nitrogens is 1. The lowest BCUT2D eigenvalue weighted by Crippen LogP contribution is -2.28. The van der Waals surface area contributed by atoms with Crippen molar-refractivity contribution in [2.45, 2.75) is 6.54 Å². The van der Waals surface area contributed by atoms with E-state index in [1.165, 1.54) is 23.5 Å². The van der Waals surface area contributed by atoms with Crippen molar-refractivity contribution in [2.75, 3.05) is 5.32 Å². The first-order chi connectivity index (χ1) is 12.0. The number of thiazole rings is 1. The third-order valence-corrected chi connectivity index (χ3v) is 4.43. The Bertz CT molecular complexity index is 896. The number of hydrogen-bond acceptors (Lipinski definition) is 5. The lowest BCUT2D eigenvalue weighted by Gasteiger charge is -2.06. The van der Waals surface area contributed by atoms with Crippen molar-refractivity contribution in [2.24, 2.45) is 0 Å². The average Bonchev–Trinajstić information content (AvgIpc) is 3.07. The van der Waals surface area contributed by atoms with Crippen LogP contribution in [0.15, 0.2) is 47.8 Å². The van der Waals surface area contributed by atoms with Gasteiger partial charge in [0, 0.05) is 21.7 Å². The molecule has 0 saturated heterocycles. The van der Waals surface area contributed by atoms with Crippen LogP contribution in [0.3, 0.4) is 0 Å². The molecule has 2 aromatic carbocycles. The van der Waals surface area contributed by atoms with Gasteiger partial charge in [0.2, 0.25) is 0 Å². The summed E-state index contributed by atoms with van der Waals surface area (Å²) in [7, 11) is 0. The zero-order chi connectivity index (χ0) is 17.8. The number of carbonyl (C=O) groups excluding carboxylic acids is 1. The zero-order valence-corrected chi connectivity index (χ0v) is 14.4. The maximum atomic E-state index is 11.9. The number of carbonyl (C=O) groups is 1. The van der Waals surface area contributed by atoms with Crippen LogP contribution >= 0.6 is 22.9 Å². The van der Waals surface area contributed by atoms with Crippen LogP contribution in [-0.4, -0.2) is 21.2 Å². The Kier molecular flexibility index (Phi) is 5.06. The fourth-order valence-corrected chi connectivity index (χ4v) is 2.94. The van der Waals surface area contributed by atoms with Gasteiger partial charge in [-0.15, -0.1) is 11.3 Å². The molecular weight excluding hydrogens is 362 g/mol. The molecule has 6 nitrogen and oxygen atoms in total. The lowest BCUT2D eigenvalue weighted by molar-refractivity contribution is 0.251. The average molecular weight is 376 g/mol. The molecule has 0 aliphatic carbocycles. The Morgan fingerprint density at radius 3 is 2.60 bits per heavy atom. The Morgan fingerprint density at radius 1 is 1.12 bits per heavy atom. The number of nitrogens with one attached hydrogen (secondary N) is 2. The van der Waals surface area contributed by atoms with E-state index >= 15 is 0 Å². The van der Waals surface area contributed by atoms with Gasteiger partial charge in [0.15, 0.2) is 11.5 Å². The van der Waals surface area contributed by atoms with Crippen molar-refractivity contribution < 1.29 is 15.0 Å². The fraction of sp³-hybridized carbons (Fsp3) is 0.0588. The maximum Gasteiger partial charge on any atom is 0.319 e. The van der Waals surface area contributed by atoms with Crippen LogP contribution < -0.4 is 10.6 Å². The van der Waals surface area contributed by atoms with E-state index in [-0.39, 0.29) is 24.1 Å². The van der Waals surface area contributed by atoms with E-state index < -0.39 is 0 Å². The molecule has 1 heterocycles. The Labute approximate surface area is 152 Å². The number of anilines is 1. The van der Waals surface area contributed by atoms with Crippen molar-refractivity contribution in [1.82, 2.24) is 10.3 Å². The standard InChI is InChI=1S/C17H14ClN3O3S/c18-11-2-4-12(5-3-11)20-17(24)19-8-16-21-13(9-25-16)10-1-6-14(22)15(23)7-10/h1-7,9,22-23H,8H2,(H2,19,20,24). The Morgan fingerprint density at radius 2 is 1.88 bits per heavy atom. The largest absolute Gasteiger partial charge is 0.504 e. The molecular formula is C17H14ClN3O3S. The van der Waals surface area contributed by atoms with Crippen LogP contribution in [0.2, 0.25) is 5.02 Å². The van der Waals surface area contributed by atoms with Crippen LogP contribution in [0.1, 0.15) is 5.01 Å². The van der Waals surface area contributed by atoms with Gasteiger partial charge in [-0.05, 0) is 42.5 Å². The minimum atomic E-state index is -0.346. The summed E-state index contributed by atoms with van der Waals surface area (Å²) < 4.78 is 0. The third-order valence-electron chi connectivity index (χ3n) is 3.33. The van der Waals surface area contributed by atoms with E-state index in [2.05, 4.69) is 15.6 Å². The van der Waals surface area contributed by atoms with Gasteiger partial charge in [-0.1, -0.05) is 11.6 Å². The summed E-state index contributed by atoms with van der Waals surface area (Å²) in [5, 5.41) is 27.5. The first kappa shape index (κ1) is 17.1. The molecule has 0 aliphatic heterocycles. The van der Waals surface area contributed by atoms with Crippen LogP contribution in [0.25, 0.3) is 11.3 Å². The first-order valence-electron chi connectivity index (χ1n) is 7.28. The summed E-state index contributed by atoms with van der Waals surface area (Å²) in [6.45, 7) is 0.272. The van der Waals surface area contributed by atoms with Crippen molar-refractivity contribution >= 4 is 34.7 Å². The summed E-state index contributed by atoms with van der Waals surface area (Å²) in [5.41, 5.74) is 1.99. The van der Waals surface area contributed by atoms with Gasteiger partial charge >= 0.3 is 6.03 Å². The van der Waals surface area contributed by atoms with Gasteiger partial charge in [-0.2, -0.15) is 0 Å². The number of amides is 2. The normalized spacial score (nSPS) is 10.4. The van der Waals surface area contributed by atoms with Crippen LogP contribution in [0, 0.1) is 0 Å². The van der Waals surface area contributed by atoms with Gasteiger partial charge in [0.25, 0.3) is 0 Å². The first-order valence-corrected chi connectivity index (χ1v) is 8.54. The smallest absolute Gasteiger partial charge is 0.319 e. The van der Waals surface area contributed by atoms with Crippen LogP contribution in [0.4, 0.5) is 10.5 Å². The van der Waals surface area contributed by atoms with Gasteiger partial charge in [0.05, 0.1) is 12.2 Å². The van der Waals surface area contributed by atoms with Gasteiger partial charge in [0.1, 0.15) is 5.01 Å². The minimum Gasteiger partial charge on any atom is -0.504 e. The molecule has 2 amide bonds. The minimum absolute atomic E-state index is 0.181. The van der Waals surface area contributed by atoms with Gasteiger partial charge < -0.3 is 20.8 Å². The van der Waals surface area contributed by atoms with Crippen molar-refractivity contribution in [3.05, 3.63) is 57.9 Å². The lowest BCUT2D eigenvalue weighted by atomic mass is 10.1. The number of phenolic OH excluding ortho intramolecular Hbond substituents is 2. The number of rotatable bonds is 4.